The van der Waals surface area contributed by atoms with Crippen LogP contribution in [0.25, 0.3) is 0 Å². The molecular formula is C9H7F3O2. The lowest BCUT2D eigenvalue weighted by molar-refractivity contribution is -0.187. The standard InChI is InChI=1S/C9H7F3O2/c10-5-1-6(11)8(7(12)2-5)9(13)3-14-4-9/h1-2,13H,3-4H2. The van der Waals surface area contributed by atoms with E-state index in [1.165, 1.54) is 0 Å². The van der Waals surface area contributed by atoms with E-state index in [1.807, 2.05) is 0 Å². The number of rotatable bonds is 1. The minimum atomic E-state index is -1.65. The van der Waals surface area contributed by atoms with E-state index >= 15 is 0 Å². The molecule has 5 heteroatoms. The van der Waals surface area contributed by atoms with Crippen LogP contribution in [-0.2, 0) is 10.3 Å². The van der Waals surface area contributed by atoms with E-state index in [0.717, 1.165) is 0 Å². The van der Waals surface area contributed by atoms with Crippen LogP contribution >= 0.6 is 0 Å². The van der Waals surface area contributed by atoms with Gasteiger partial charge in [0.2, 0.25) is 0 Å². The first-order chi connectivity index (χ1) is 6.53. The van der Waals surface area contributed by atoms with Gasteiger partial charge in [-0.15, -0.1) is 0 Å². The van der Waals surface area contributed by atoms with Crippen LogP contribution in [-0.4, -0.2) is 18.3 Å². The second-order valence-electron chi connectivity index (χ2n) is 3.27. The van der Waals surface area contributed by atoms with Crippen molar-refractivity contribution in [3.8, 4) is 0 Å². The normalized spacial score (nSPS) is 19.1. The number of hydrogen-bond acceptors (Lipinski definition) is 2. The summed E-state index contributed by atoms with van der Waals surface area (Å²) in [6.07, 6.45) is 0. The van der Waals surface area contributed by atoms with Crippen LogP contribution in [0.2, 0.25) is 0 Å². The van der Waals surface area contributed by atoms with Crippen LogP contribution in [0, 0.1) is 17.5 Å². The second-order valence-corrected chi connectivity index (χ2v) is 3.27. The zero-order valence-corrected chi connectivity index (χ0v) is 7.06. The molecule has 1 N–H and O–H groups in total. The van der Waals surface area contributed by atoms with Crippen LogP contribution < -0.4 is 0 Å². The molecule has 0 unspecified atom stereocenters. The SMILES string of the molecule is OC1(c2c(F)cc(F)cc2F)COC1. The second kappa shape index (κ2) is 2.96. The Labute approximate surface area is 77.9 Å². The predicted octanol–water partition coefficient (Wildman–Crippen LogP) is 1.32. The molecule has 2 nitrogen and oxygen atoms in total. The molecule has 1 aliphatic rings. The van der Waals surface area contributed by atoms with Crippen LogP contribution in [0.15, 0.2) is 12.1 Å². The Hall–Kier alpha value is -1.07. The Bertz CT molecular complexity index is 351. The van der Waals surface area contributed by atoms with Gasteiger partial charge in [-0.3, -0.25) is 0 Å². The molecule has 0 bridgehead atoms. The van der Waals surface area contributed by atoms with Crippen molar-refractivity contribution < 1.29 is 23.0 Å². The lowest BCUT2D eigenvalue weighted by Crippen LogP contribution is -2.47. The van der Waals surface area contributed by atoms with Crippen LogP contribution in [0.4, 0.5) is 13.2 Å². The molecule has 0 radical (unpaired) electrons. The summed E-state index contributed by atoms with van der Waals surface area (Å²) in [5.41, 5.74) is -2.17. The molecule has 0 saturated carbocycles. The quantitative estimate of drug-likeness (QED) is 0.747. The molecule has 0 aliphatic carbocycles. The van der Waals surface area contributed by atoms with Crippen molar-refractivity contribution in [1.29, 1.82) is 0 Å². The van der Waals surface area contributed by atoms with Crippen LogP contribution in [0.3, 0.4) is 0 Å². The number of aliphatic hydroxyl groups is 1. The summed E-state index contributed by atoms with van der Waals surface area (Å²) in [6.45, 7) is -0.348. The summed E-state index contributed by atoms with van der Waals surface area (Å²) in [6, 6.07) is 1.07. The molecule has 0 aromatic heterocycles. The Balaban J connectivity index is 2.52. The molecule has 14 heavy (non-hydrogen) atoms. The van der Waals surface area contributed by atoms with E-state index in [2.05, 4.69) is 4.74 Å². The van der Waals surface area contributed by atoms with E-state index in [4.69, 9.17) is 0 Å². The van der Waals surface area contributed by atoms with Gasteiger partial charge in [-0.1, -0.05) is 0 Å². The maximum absolute atomic E-state index is 13.1. The van der Waals surface area contributed by atoms with Gasteiger partial charge in [0.15, 0.2) is 0 Å². The van der Waals surface area contributed by atoms with Gasteiger partial charge in [-0.2, -0.15) is 0 Å². The smallest absolute Gasteiger partial charge is 0.142 e. The monoisotopic (exact) mass is 204 g/mol. The summed E-state index contributed by atoms with van der Waals surface area (Å²) in [7, 11) is 0. The number of hydrogen-bond donors (Lipinski definition) is 1. The molecule has 1 aromatic carbocycles. The van der Waals surface area contributed by atoms with Crippen molar-refractivity contribution in [2.75, 3.05) is 13.2 Å². The number of halogens is 3. The molecule has 0 spiro atoms. The van der Waals surface area contributed by atoms with Gasteiger partial charge in [0, 0.05) is 12.1 Å². The summed E-state index contributed by atoms with van der Waals surface area (Å²) in [5.74, 6) is -3.19. The van der Waals surface area contributed by atoms with E-state index in [1.54, 1.807) is 0 Å². The van der Waals surface area contributed by atoms with Crippen LogP contribution in [0.5, 0.6) is 0 Å². The van der Waals surface area contributed by atoms with Crippen molar-refractivity contribution in [1.82, 2.24) is 0 Å². The highest BCUT2D eigenvalue weighted by molar-refractivity contribution is 5.28. The van der Waals surface area contributed by atoms with Gasteiger partial charge in [-0.25, -0.2) is 13.2 Å². The summed E-state index contributed by atoms with van der Waals surface area (Å²) >= 11 is 0. The average Bonchev–Trinajstić information content (AvgIpc) is 1.99. The topological polar surface area (TPSA) is 29.5 Å². The number of benzene rings is 1. The van der Waals surface area contributed by atoms with Gasteiger partial charge in [0.1, 0.15) is 23.1 Å². The third-order valence-corrected chi connectivity index (χ3v) is 2.15. The highest BCUT2D eigenvalue weighted by Crippen LogP contribution is 2.33. The zero-order chi connectivity index (χ0) is 10.3. The maximum atomic E-state index is 13.1. The van der Waals surface area contributed by atoms with Crippen molar-refractivity contribution in [2.45, 2.75) is 5.60 Å². The summed E-state index contributed by atoms with van der Waals surface area (Å²) in [5, 5.41) is 9.61. The zero-order valence-electron chi connectivity index (χ0n) is 7.06. The predicted molar refractivity (Wildman–Crippen MR) is 41.0 cm³/mol. The third kappa shape index (κ3) is 1.29. The lowest BCUT2D eigenvalue weighted by Gasteiger charge is -2.36. The van der Waals surface area contributed by atoms with Crippen molar-refractivity contribution in [3.05, 3.63) is 35.1 Å². The highest BCUT2D eigenvalue weighted by atomic mass is 19.1. The van der Waals surface area contributed by atoms with Crippen molar-refractivity contribution in [3.63, 3.8) is 0 Å². The summed E-state index contributed by atoms with van der Waals surface area (Å²) < 4.78 is 43.4. The highest BCUT2D eigenvalue weighted by Gasteiger charge is 2.42. The summed E-state index contributed by atoms with van der Waals surface area (Å²) in [4.78, 5) is 0. The average molecular weight is 204 g/mol. The molecule has 76 valence electrons. The fraction of sp³-hybridized carbons (Fsp3) is 0.333. The molecule has 0 atom stereocenters. The molecule has 1 fully saturated rings. The van der Waals surface area contributed by atoms with E-state index in [0.29, 0.717) is 12.1 Å². The van der Waals surface area contributed by atoms with Gasteiger partial charge in [-0.05, 0) is 0 Å². The van der Waals surface area contributed by atoms with Gasteiger partial charge in [0.05, 0.1) is 18.8 Å². The first-order valence-corrected chi connectivity index (χ1v) is 3.98. The maximum Gasteiger partial charge on any atom is 0.142 e. The molecule has 1 aliphatic heterocycles. The third-order valence-electron chi connectivity index (χ3n) is 2.15. The Morgan fingerprint density at radius 2 is 1.64 bits per heavy atom. The minimum Gasteiger partial charge on any atom is -0.380 e. The Morgan fingerprint density at radius 3 is 2.00 bits per heavy atom. The van der Waals surface area contributed by atoms with Crippen molar-refractivity contribution in [2.24, 2.45) is 0 Å². The van der Waals surface area contributed by atoms with Gasteiger partial charge < -0.3 is 9.84 Å². The molecule has 2 rings (SSSR count). The van der Waals surface area contributed by atoms with Gasteiger partial charge in [0.25, 0.3) is 0 Å². The Morgan fingerprint density at radius 1 is 1.14 bits per heavy atom. The minimum absolute atomic E-state index is 0.174. The molecule has 1 aromatic rings. The first-order valence-electron chi connectivity index (χ1n) is 3.98. The first kappa shape index (κ1) is 9.48. The number of ether oxygens (including phenoxy) is 1. The van der Waals surface area contributed by atoms with E-state index < -0.39 is 28.6 Å². The molecule has 0 amide bonds. The lowest BCUT2D eigenvalue weighted by atomic mass is 9.91. The molecule has 1 saturated heterocycles. The largest absolute Gasteiger partial charge is 0.380 e. The molecular weight excluding hydrogens is 197 g/mol. The fourth-order valence-corrected chi connectivity index (χ4v) is 1.43. The van der Waals surface area contributed by atoms with Gasteiger partial charge >= 0.3 is 0 Å². The van der Waals surface area contributed by atoms with Crippen molar-refractivity contribution >= 4 is 0 Å². The van der Waals surface area contributed by atoms with E-state index in [9.17, 15) is 18.3 Å². The Kier molecular flexibility index (Phi) is 2.01. The molecule has 1 heterocycles. The fourth-order valence-electron chi connectivity index (χ4n) is 1.43. The van der Waals surface area contributed by atoms with Crippen LogP contribution in [0.1, 0.15) is 5.56 Å². The van der Waals surface area contributed by atoms with E-state index in [-0.39, 0.29) is 13.2 Å².